The van der Waals surface area contributed by atoms with Gasteiger partial charge in [0.2, 0.25) is 0 Å². The molecule has 2 amide bonds. The number of morpholine rings is 1. The molecule has 2 aromatic carbocycles. The van der Waals surface area contributed by atoms with E-state index in [4.69, 9.17) is 26.4 Å². The van der Waals surface area contributed by atoms with Crippen LogP contribution in [0.25, 0.3) is 0 Å². The molecule has 0 unspecified atom stereocenters. The lowest BCUT2D eigenvalue weighted by Crippen LogP contribution is -2.49. The van der Waals surface area contributed by atoms with Gasteiger partial charge in [-0.1, -0.05) is 23.8 Å². The van der Waals surface area contributed by atoms with Gasteiger partial charge in [-0.15, -0.1) is 0 Å². The Balaban J connectivity index is 1.52. The molecule has 0 aromatic heterocycles. The monoisotopic (exact) mass is 538 g/mol. The molecular weight excluding hydrogens is 504 g/mol. The predicted molar refractivity (Wildman–Crippen MR) is 149 cm³/mol. The van der Waals surface area contributed by atoms with Gasteiger partial charge in [0.15, 0.2) is 23.2 Å². The predicted octanol–water partition coefficient (Wildman–Crippen LogP) is 3.45. The van der Waals surface area contributed by atoms with Crippen LogP contribution in [0.15, 0.2) is 53.7 Å². The van der Waals surface area contributed by atoms with Gasteiger partial charge in [0.25, 0.3) is 11.8 Å². The first-order valence-corrected chi connectivity index (χ1v) is 13.0. The zero-order valence-corrected chi connectivity index (χ0v) is 23.1. The lowest BCUT2D eigenvalue weighted by molar-refractivity contribution is -0.145. The molecule has 1 saturated heterocycles. The van der Waals surface area contributed by atoms with Crippen LogP contribution >= 0.6 is 12.2 Å². The molecule has 3 atom stereocenters. The summed E-state index contributed by atoms with van der Waals surface area (Å²) in [6.45, 7) is 8.65. The van der Waals surface area contributed by atoms with E-state index in [0.29, 0.717) is 46.7 Å². The highest BCUT2D eigenvalue weighted by Gasteiger charge is 2.31. The maximum atomic E-state index is 13.3. The van der Waals surface area contributed by atoms with Crippen LogP contribution in [-0.2, 0) is 14.3 Å². The third-order valence-electron chi connectivity index (χ3n) is 6.47. The normalized spacial score (nSPS) is 21.3. The summed E-state index contributed by atoms with van der Waals surface area (Å²) in [5.74, 6) is 0.512. The highest BCUT2D eigenvalue weighted by atomic mass is 32.1. The fourth-order valence-corrected chi connectivity index (χ4v) is 4.95. The molecule has 4 rings (SSSR count). The van der Waals surface area contributed by atoms with Crippen LogP contribution in [-0.4, -0.2) is 60.8 Å². The van der Waals surface area contributed by atoms with E-state index < -0.39 is 6.04 Å². The fraction of sp³-hybridized carbons (Fsp3) is 0.393. The first-order valence-electron chi connectivity index (χ1n) is 12.5. The number of carbonyl (C=O) groups is 2. The third kappa shape index (κ3) is 6.43. The fourth-order valence-electron chi connectivity index (χ4n) is 4.68. The van der Waals surface area contributed by atoms with Crippen molar-refractivity contribution in [2.75, 3.05) is 32.1 Å². The summed E-state index contributed by atoms with van der Waals surface area (Å²) in [6, 6.07) is 12.4. The number of nitrogens with one attached hydrogen (secondary N) is 3. The number of benzene rings is 2. The molecule has 0 bridgehead atoms. The minimum atomic E-state index is -0.518. The summed E-state index contributed by atoms with van der Waals surface area (Å²) in [5.41, 5.74) is 3.71. The minimum absolute atomic E-state index is 0.0194. The SMILES string of the molecule is COc1cc([C@@H]2NC(=S)NC(C)=C2C(=O)Nc2ccc(C)cc2)ccc1OCC(=O)N1C[C@@H](C)O[C@H](C)C1. The second kappa shape index (κ2) is 11.8. The van der Waals surface area contributed by atoms with Crippen LogP contribution in [0.2, 0.25) is 0 Å². The van der Waals surface area contributed by atoms with E-state index in [0.717, 1.165) is 11.1 Å². The minimum Gasteiger partial charge on any atom is -0.493 e. The lowest BCUT2D eigenvalue weighted by Gasteiger charge is -2.35. The highest BCUT2D eigenvalue weighted by molar-refractivity contribution is 7.80. The first-order chi connectivity index (χ1) is 18.1. The number of amides is 2. The van der Waals surface area contributed by atoms with Crippen molar-refractivity contribution in [3.05, 3.63) is 64.9 Å². The number of allylic oxidation sites excluding steroid dienone is 1. The van der Waals surface area contributed by atoms with Gasteiger partial charge < -0.3 is 35.1 Å². The number of thiocarbonyl (C=S) groups is 1. The van der Waals surface area contributed by atoms with E-state index in [1.54, 1.807) is 17.0 Å². The van der Waals surface area contributed by atoms with Gasteiger partial charge in [0, 0.05) is 24.5 Å². The Labute approximate surface area is 228 Å². The zero-order chi connectivity index (χ0) is 27.4. The lowest BCUT2D eigenvalue weighted by atomic mass is 9.94. The molecule has 0 aliphatic carbocycles. The van der Waals surface area contributed by atoms with Crippen molar-refractivity contribution >= 4 is 34.8 Å². The van der Waals surface area contributed by atoms with Gasteiger partial charge in [-0.25, -0.2) is 0 Å². The van der Waals surface area contributed by atoms with E-state index in [9.17, 15) is 9.59 Å². The molecule has 2 aliphatic rings. The molecule has 9 nitrogen and oxygen atoms in total. The Morgan fingerprint density at radius 2 is 1.76 bits per heavy atom. The summed E-state index contributed by atoms with van der Waals surface area (Å²) in [5, 5.41) is 9.62. The second-order valence-corrected chi connectivity index (χ2v) is 10.1. The molecule has 0 saturated carbocycles. The molecular formula is C28H34N4O5S. The Morgan fingerprint density at radius 1 is 1.08 bits per heavy atom. The number of methoxy groups -OCH3 is 1. The van der Waals surface area contributed by atoms with Crippen LogP contribution < -0.4 is 25.4 Å². The maximum Gasteiger partial charge on any atom is 0.260 e. The summed E-state index contributed by atoms with van der Waals surface area (Å²) >= 11 is 5.38. The number of hydrogen-bond acceptors (Lipinski definition) is 6. The van der Waals surface area contributed by atoms with Crippen molar-refractivity contribution in [3.63, 3.8) is 0 Å². The van der Waals surface area contributed by atoms with Crippen LogP contribution in [0.5, 0.6) is 11.5 Å². The van der Waals surface area contributed by atoms with E-state index in [1.807, 2.05) is 58.0 Å². The second-order valence-electron chi connectivity index (χ2n) is 9.65. The molecule has 2 aromatic rings. The molecule has 2 aliphatic heterocycles. The van der Waals surface area contributed by atoms with Crippen molar-refractivity contribution in [1.82, 2.24) is 15.5 Å². The molecule has 0 radical (unpaired) electrons. The molecule has 1 fully saturated rings. The van der Waals surface area contributed by atoms with Gasteiger partial charge in [-0.05, 0) is 69.7 Å². The van der Waals surface area contributed by atoms with Crippen molar-refractivity contribution in [2.45, 2.75) is 45.9 Å². The van der Waals surface area contributed by atoms with Crippen molar-refractivity contribution < 1.29 is 23.8 Å². The number of hydrogen-bond donors (Lipinski definition) is 3. The summed E-state index contributed by atoms with van der Waals surface area (Å²) < 4.78 is 17.1. The number of nitrogens with zero attached hydrogens (tertiary/aromatic N) is 1. The average Bonchev–Trinajstić information content (AvgIpc) is 2.87. The number of anilines is 1. The van der Waals surface area contributed by atoms with Crippen LogP contribution in [0.1, 0.15) is 37.9 Å². The quantitative estimate of drug-likeness (QED) is 0.461. The van der Waals surface area contributed by atoms with Crippen molar-refractivity contribution in [1.29, 1.82) is 0 Å². The molecule has 0 spiro atoms. The third-order valence-corrected chi connectivity index (χ3v) is 6.69. The molecule has 10 heteroatoms. The smallest absolute Gasteiger partial charge is 0.260 e. The summed E-state index contributed by atoms with van der Waals surface area (Å²) in [4.78, 5) is 27.9. The molecule has 3 N–H and O–H groups in total. The van der Waals surface area contributed by atoms with E-state index >= 15 is 0 Å². The van der Waals surface area contributed by atoms with Crippen LogP contribution in [0.4, 0.5) is 5.69 Å². The van der Waals surface area contributed by atoms with E-state index in [-0.39, 0.29) is 30.6 Å². The van der Waals surface area contributed by atoms with Crippen LogP contribution in [0.3, 0.4) is 0 Å². The molecule has 202 valence electrons. The first kappa shape index (κ1) is 27.4. The van der Waals surface area contributed by atoms with Gasteiger partial charge in [-0.3, -0.25) is 9.59 Å². The Bertz CT molecular complexity index is 1240. The van der Waals surface area contributed by atoms with Gasteiger partial charge in [0.1, 0.15) is 0 Å². The molecule has 2 heterocycles. The average molecular weight is 539 g/mol. The van der Waals surface area contributed by atoms with Gasteiger partial charge in [0.05, 0.1) is 30.9 Å². The number of rotatable bonds is 7. The Morgan fingerprint density at radius 3 is 2.42 bits per heavy atom. The Hall–Kier alpha value is -3.63. The maximum absolute atomic E-state index is 13.3. The Kier molecular flexibility index (Phi) is 8.53. The van der Waals surface area contributed by atoms with Crippen molar-refractivity contribution in [3.8, 4) is 11.5 Å². The zero-order valence-electron chi connectivity index (χ0n) is 22.3. The van der Waals surface area contributed by atoms with Crippen LogP contribution in [0, 0.1) is 6.92 Å². The summed E-state index contributed by atoms with van der Waals surface area (Å²) in [6.07, 6.45) is -0.0389. The standard InChI is InChI=1S/C28H34N4O5S/c1-16-6-9-21(10-7-16)30-27(34)25-19(4)29-28(38)31-26(25)20-8-11-22(23(12-20)35-5)36-15-24(33)32-13-17(2)37-18(3)14-32/h6-12,17-18,26H,13-15H2,1-5H3,(H,30,34)(H2,29,31,38)/t17-,18-,26+/m1/s1. The van der Waals surface area contributed by atoms with Gasteiger partial charge >= 0.3 is 0 Å². The van der Waals surface area contributed by atoms with E-state index in [1.165, 1.54) is 7.11 Å². The topological polar surface area (TPSA) is 101 Å². The van der Waals surface area contributed by atoms with E-state index in [2.05, 4.69) is 16.0 Å². The number of aryl methyl sites for hydroxylation is 1. The largest absolute Gasteiger partial charge is 0.493 e. The number of carbonyl (C=O) groups excluding carboxylic acids is 2. The number of ether oxygens (including phenoxy) is 3. The summed E-state index contributed by atoms with van der Waals surface area (Å²) in [7, 11) is 1.53. The molecule has 38 heavy (non-hydrogen) atoms. The van der Waals surface area contributed by atoms with Gasteiger partial charge in [-0.2, -0.15) is 0 Å². The van der Waals surface area contributed by atoms with Crippen molar-refractivity contribution in [2.24, 2.45) is 0 Å². The highest BCUT2D eigenvalue weighted by Crippen LogP contribution is 2.34.